The molecule has 0 unspecified atom stereocenters. The van der Waals surface area contributed by atoms with Crippen LogP contribution in [0.1, 0.15) is 48.6 Å². The van der Waals surface area contributed by atoms with E-state index in [2.05, 4.69) is 25.3 Å². The van der Waals surface area contributed by atoms with Gasteiger partial charge in [0.2, 0.25) is 0 Å². The molecule has 2 saturated heterocycles. The molecule has 2 fully saturated rings. The number of carbonyl (C=O) groups is 1. The van der Waals surface area contributed by atoms with Crippen molar-refractivity contribution >= 4 is 23.2 Å². The topological polar surface area (TPSA) is 111 Å². The predicted octanol–water partition coefficient (Wildman–Crippen LogP) is 1.86. The molecule has 9 heteroatoms. The van der Waals surface area contributed by atoms with Gasteiger partial charge in [0.1, 0.15) is 5.82 Å². The van der Waals surface area contributed by atoms with Crippen LogP contribution in [0.2, 0.25) is 0 Å². The molecule has 2 aromatic heterocycles. The van der Waals surface area contributed by atoms with Gasteiger partial charge in [-0.2, -0.15) is 5.10 Å². The third-order valence-electron chi connectivity index (χ3n) is 5.10. The van der Waals surface area contributed by atoms with E-state index in [4.69, 9.17) is 10.5 Å². The summed E-state index contributed by atoms with van der Waals surface area (Å²) < 4.78 is 7.35. The Morgan fingerprint density at radius 2 is 1.96 bits per heavy atom. The van der Waals surface area contributed by atoms with Crippen LogP contribution in [0.4, 0.5) is 17.3 Å². The van der Waals surface area contributed by atoms with Gasteiger partial charge in [-0.3, -0.25) is 9.48 Å². The lowest BCUT2D eigenvalue weighted by atomic mass is 10.1. The fraction of sp³-hybridized carbons (Fsp3) is 0.556. The van der Waals surface area contributed by atoms with E-state index in [9.17, 15) is 4.79 Å². The maximum absolute atomic E-state index is 11.8. The van der Waals surface area contributed by atoms with E-state index in [-0.39, 0.29) is 5.69 Å². The molecular formula is C18H25N7O2. The van der Waals surface area contributed by atoms with Gasteiger partial charge >= 0.3 is 0 Å². The van der Waals surface area contributed by atoms with Gasteiger partial charge in [0, 0.05) is 32.5 Å². The first-order valence-corrected chi connectivity index (χ1v) is 9.51. The lowest BCUT2D eigenvalue weighted by Crippen LogP contribution is -2.30. The summed E-state index contributed by atoms with van der Waals surface area (Å²) in [6, 6.07) is 0.329. The molecule has 1 amide bonds. The average molecular weight is 371 g/mol. The van der Waals surface area contributed by atoms with Crippen LogP contribution in [0.25, 0.3) is 0 Å². The number of nitrogens with zero attached hydrogens (tertiary/aromatic N) is 5. The number of nitrogens with one attached hydrogen (secondary N) is 1. The smallest absolute Gasteiger partial charge is 0.271 e. The second kappa shape index (κ2) is 7.91. The normalized spacial score (nSPS) is 18.4. The van der Waals surface area contributed by atoms with E-state index in [0.717, 1.165) is 63.5 Å². The number of primary amides is 1. The average Bonchev–Trinajstić information content (AvgIpc) is 3.17. The molecule has 0 spiro atoms. The molecule has 4 heterocycles. The number of amides is 1. The summed E-state index contributed by atoms with van der Waals surface area (Å²) in [5.41, 5.74) is 6.38. The van der Waals surface area contributed by atoms with Crippen LogP contribution in [-0.4, -0.2) is 52.0 Å². The van der Waals surface area contributed by atoms with Crippen molar-refractivity contribution in [3.8, 4) is 0 Å². The maximum atomic E-state index is 11.8. The lowest BCUT2D eigenvalue weighted by Gasteiger charge is -2.27. The van der Waals surface area contributed by atoms with Crippen LogP contribution >= 0.6 is 0 Å². The van der Waals surface area contributed by atoms with Crippen LogP contribution < -0.4 is 16.0 Å². The van der Waals surface area contributed by atoms with E-state index >= 15 is 0 Å². The maximum Gasteiger partial charge on any atom is 0.271 e. The third-order valence-corrected chi connectivity index (χ3v) is 5.10. The minimum absolute atomic E-state index is 0.134. The molecule has 2 aliphatic rings. The highest BCUT2D eigenvalue weighted by molar-refractivity contribution is 5.96. The van der Waals surface area contributed by atoms with Gasteiger partial charge in [0.15, 0.2) is 11.5 Å². The second-order valence-corrected chi connectivity index (χ2v) is 7.01. The fourth-order valence-corrected chi connectivity index (χ4v) is 3.61. The summed E-state index contributed by atoms with van der Waals surface area (Å²) in [5, 5.41) is 7.62. The number of ether oxygens (including phenoxy) is 1. The number of hydrogen-bond donors (Lipinski definition) is 2. The van der Waals surface area contributed by atoms with E-state index < -0.39 is 5.91 Å². The van der Waals surface area contributed by atoms with Crippen molar-refractivity contribution in [1.29, 1.82) is 0 Å². The Hall–Kier alpha value is -2.68. The number of aromatic nitrogens is 4. The Bertz CT molecular complexity index is 795. The molecule has 0 aliphatic carbocycles. The van der Waals surface area contributed by atoms with Crippen molar-refractivity contribution in [3.05, 3.63) is 24.3 Å². The molecular weight excluding hydrogens is 346 g/mol. The molecule has 3 N–H and O–H groups in total. The first kappa shape index (κ1) is 17.7. The molecule has 27 heavy (non-hydrogen) atoms. The highest BCUT2D eigenvalue weighted by atomic mass is 16.5. The number of carbonyl (C=O) groups excluding carboxylic acids is 1. The van der Waals surface area contributed by atoms with E-state index in [1.54, 1.807) is 12.4 Å². The van der Waals surface area contributed by atoms with Crippen molar-refractivity contribution in [3.63, 3.8) is 0 Å². The van der Waals surface area contributed by atoms with Gasteiger partial charge in [-0.15, -0.1) is 0 Å². The molecule has 0 aromatic carbocycles. The van der Waals surface area contributed by atoms with E-state index in [1.165, 1.54) is 6.42 Å². The molecule has 0 saturated carbocycles. The van der Waals surface area contributed by atoms with Gasteiger partial charge in [0.25, 0.3) is 5.91 Å². The van der Waals surface area contributed by atoms with E-state index in [1.807, 2.05) is 10.9 Å². The van der Waals surface area contributed by atoms with Gasteiger partial charge in [-0.25, -0.2) is 9.97 Å². The molecule has 2 aliphatic heterocycles. The zero-order valence-corrected chi connectivity index (χ0v) is 15.3. The van der Waals surface area contributed by atoms with Crippen molar-refractivity contribution < 1.29 is 9.53 Å². The zero-order chi connectivity index (χ0) is 18.6. The summed E-state index contributed by atoms with van der Waals surface area (Å²) in [5.74, 6) is 0.531. The molecule has 0 radical (unpaired) electrons. The van der Waals surface area contributed by atoms with Crippen molar-refractivity contribution in [2.75, 3.05) is 36.5 Å². The van der Waals surface area contributed by atoms with Crippen LogP contribution in [0.5, 0.6) is 0 Å². The Morgan fingerprint density at radius 3 is 2.70 bits per heavy atom. The number of piperidine rings is 1. The Labute approximate surface area is 157 Å². The molecule has 0 atom stereocenters. The summed E-state index contributed by atoms with van der Waals surface area (Å²) in [4.78, 5) is 22.9. The van der Waals surface area contributed by atoms with Gasteiger partial charge in [-0.1, -0.05) is 0 Å². The van der Waals surface area contributed by atoms with Gasteiger partial charge < -0.3 is 20.7 Å². The molecule has 0 bridgehead atoms. The van der Waals surface area contributed by atoms with Crippen molar-refractivity contribution in [1.82, 2.24) is 19.7 Å². The number of hydrogen-bond acceptors (Lipinski definition) is 7. The second-order valence-electron chi connectivity index (χ2n) is 7.01. The molecule has 9 nitrogen and oxygen atoms in total. The molecule has 144 valence electrons. The number of anilines is 3. The quantitative estimate of drug-likeness (QED) is 0.825. The first-order chi connectivity index (χ1) is 13.2. The fourth-order valence-electron chi connectivity index (χ4n) is 3.61. The van der Waals surface area contributed by atoms with Gasteiger partial charge in [-0.05, 0) is 32.1 Å². The molecule has 2 aromatic rings. The van der Waals surface area contributed by atoms with Crippen LogP contribution in [0.15, 0.2) is 18.6 Å². The van der Waals surface area contributed by atoms with E-state index in [0.29, 0.717) is 11.9 Å². The van der Waals surface area contributed by atoms with Crippen molar-refractivity contribution in [2.24, 2.45) is 5.73 Å². The zero-order valence-electron chi connectivity index (χ0n) is 15.3. The standard InChI is InChI=1S/C18H25N7O2/c19-17(26)16-18(23-15(11-20-16)24-6-2-1-3-7-24)22-13-10-21-25(12-13)14-4-8-27-9-5-14/h10-12,14H,1-9H2,(H2,19,26)(H,22,23). The number of rotatable bonds is 5. The van der Waals surface area contributed by atoms with Crippen LogP contribution in [-0.2, 0) is 4.74 Å². The molecule has 4 rings (SSSR count). The monoisotopic (exact) mass is 371 g/mol. The predicted molar refractivity (Wildman–Crippen MR) is 101 cm³/mol. The summed E-state index contributed by atoms with van der Waals surface area (Å²) >= 11 is 0. The van der Waals surface area contributed by atoms with Crippen LogP contribution in [0.3, 0.4) is 0 Å². The van der Waals surface area contributed by atoms with Gasteiger partial charge in [0.05, 0.1) is 24.1 Å². The Balaban J connectivity index is 1.56. The highest BCUT2D eigenvalue weighted by Gasteiger charge is 2.20. The highest BCUT2D eigenvalue weighted by Crippen LogP contribution is 2.25. The van der Waals surface area contributed by atoms with Crippen molar-refractivity contribution in [2.45, 2.75) is 38.1 Å². The SMILES string of the molecule is NC(=O)c1ncc(N2CCCCC2)nc1Nc1cnn(C2CCOCC2)c1. The third kappa shape index (κ3) is 4.02. The minimum atomic E-state index is -0.605. The Morgan fingerprint density at radius 1 is 1.19 bits per heavy atom. The Kier molecular flexibility index (Phi) is 5.19. The first-order valence-electron chi connectivity index (χ1n) is 9.51. The van der Waals surface area contributed by atoms with Crippen LogP contribution in [0, 0.1) is 0 Å². The lowest BCUT2D eigenvalue weighted by molar-refractivity contribution is 0.0662. The summed E-state index contributed by atoms with van der Waals surface area (Å²) in [7, 11) is 0. The number of nitrogens with two attached hydrogens (primary N) is 1. The summed E-state index contributed by atoms with van der Waals surface area (Å²) in [6.07, 6.45) is 10.7. The minimum Gasteiger partial charge on any atom is -0.381 e. The summed E-state index contributed by atoms with van der Waals surface area (Å²) in [6.45, 7) is 3.41. The largest absolute Gasteiger partial charge is 0.381 e.